The second-order valence-corrected chi connectivity index (χ2v) is 5.41. The minimum absolute atomic E-state index is 0.160. The largest absolute Gasteiger partial charge is 0.491 e. The molecule has 3 atom stereocenters. The van der Waals surface area contributed by atoms with Crippen LogP contribution in [0.5, 0.6) is 5.75 Å². The smallest absolute Gasteiger partial charge is 0.255 e. The van der Waals surface area contributed by atoms with Gasteiger partial charge in [0.05, 0.1) is 18.2 Å². The summed E-state index contributed by atoms with van der Waals surface area (Å²) in [6, 6.07) is 5.25. The molecule has 1 fully saturated rings. The zero-order valence-electron chi connectivity index (χ0n) is 11.5. The highest BCUT2D eigenvalue weighted by molar-refractivity contribution is 5.97. The van der Waals surface area contributed by atoms with Crippen molar-refractivity contribution < 1.29 is 19.4 Å². The van der Waals surface area contributed by atoms with Gasteiger partial charge in [0, 0.05) is 6.61 Å². The van der Waals surface area contributed by atoms with Gasteiger partial charge in [0.1, 0.15) is 18.5 Å². The number of rotatable bonds is 2. The Morgan fingerprint density at radius 1 is 1.40 bits per heavy atom. The Labute approximate surface area is 117 Å². The lowest BCUT2D eigenvalue weighted by atomic mass is 9.93. The number of aliphatic hydroxyl groups excluding tert-OH is 1. The molecular formula is C15H19NO4. The van der Waals surface area contributed by atoms with Crippen LogP contribution in [0.3, 0.4) is 0 Å². The van der Waals surface area contributed by atoms with Crippen molar-refractivity contribution in [1.29, 1.82) is 0 Å². The number of aliphatic hydroxyl groups is 1. The topological polar surface area (TPSA) is 67.8 Å². The van der Waals surface area contributed by atoms with Crippen molar-refractivity contribution in [3.05, 3.63) is 29.3 Å². The van der Waals surface area contributed by atoms with Gasteiger partial charge in [-0.1, -0.05) is 13.0 Å². The van der Waals surface area contributed by atoms with E-state index in [0.717, 1.165) is 6.42 Å². The molecule has 0 spiro atoms. The summed E-state index contributed by atoms with van der Waals surface area (Å²) < 4.78 is 11.1. The van der Waals surface area contributed by atoms with E-state index in [-0.39, 0.29) is 12.0 Å². The molecule has 1 saturated heterocycles. The SMILES string of the molecule is CC1CCOC1C(O)c1ccc2c(c1)C(=O)NCCO2. The molecule has 2 aliphatic rings. The number of benzene rings is 1. The first kappa shape index (κ1) is 13.4. The lowest BCUT2D eigenvalue weighted by Crippen LogP contribution is -2.25. The maximum atomic E-state index is 12.0. The van der Waals surface area contributed by atoms with Crippen LogP contribution in [-0.2, 0) is 4.74 Å². The molecular weight excluding hydrogens is 258 g/mol. The molecule has 2 aliphatic heterocycles. The molecule has 5 nitrogen and oxygen atoms in total. The standard InChI is InChI=1S/C15H19NO4/c1-9-4-6-20-14(9)13(17)10-2-3-12-11(8-10)15(18)16-5-7-19-12/h2-3,8-9,13-14,17H,4-7H2,1H3,(H,16,18). The summed E-state index contributed by atoms with van der Waals surface area (Å²) in [5.41, 5.74) is 1.17. The van der Waals surface area contributed by atoms with E-state index in [1.54, 1.807) is 18.2 Å². The number of hydrogen-bond acceptors (Lipinski definition) is 4. The fourth-order valence-electron chi connectivity index (χ4n) is 2.77. The van der Waals surface area contributed by atoms with E-state index in [9.17, 15) is 9.90 Å². The summed E-state index contributed by atoms with van der Waals surface area (Å²) in [7, 11) is 0. The second-order valence-electron chi connectivity index (χ2n) is 5.41. The van der Waals surface area contributed by atoms with Crippen molar-refractivity contribution in [2.24, 2.45) is 5.92 Å². The zero-order chi connectivity index (χ0) is 14.1. The number of fused-ring (bicyclic) bond motifs is 1. The van der Waals surface area contributed by atoms with Crippen molar-refractivity contribution >= 4 is 5.91 Å². The van der Waals surface area contributed by atoms with Gasteiger partial charge in [-0.3, -0.25) is 4.79 Å². The maximum absolute atomic E-state index is 12.0. The van der Waals surface area contributed by atoms with Crippen molar-refractivity contribution in [3.63, 3.8) is 0 Å². The van der Waals surface area contributed by atoms with Crippen LogP contribution in [0.15, 0.2) is 18.2 Å². The lowest BCUT2D eigenvalue weighted by molar-refractivity contribution is -0.0178. The van der Waals surface area contributed by atoms with Gasteiger partial charge in [-0.05, 0) is 30.0 Å². The zero-order valence-corrected chi connectivity index (χ0v) is 11.5. The highest BCUT2D eigenvalue weighted by atomic mass is 16.5. The number of ether oxygens (including phenoxy) is 2. The van der Waals surface area contributed by atoms with E-state index in [1.807, 2.05) is 0 Å². The van der Waals surface area contributed by atoms with Crippen LogP contribution in [0, 0.1) is 5.92 Å². The Bertz CT molecular complexity index is 517. The second kappa shape index (κ2) is 5.42. The molecule has 2 N–H and O–H groups in total. The van der Waals surface area contributed by atoms with E-state index in [1.165, 1.54) is 0 Å². The fraction of sp³-hybridized carbons (Fsp3) is 0.533. The highest BCUT2D eigenvalue weighted by Gasteiger charge is 2.32. The molecule has 0 aromatic heterocycles. The predicted octanol–water partition coefficient (Wildman–Crippen LogP) is 1.27. The van der Waals surface area contributed by atoms with E-state index in [0.29, 0.717) is 42.6 Å². The Morgan fingerprint density at radius 2 is 2.25 bits per heavy atom. The first-order valence-corrected chi connectivity index (χ1v) is 7.01. The van der Waals surface area contributed by atoms with Crippen molar-refractivity contribution in [1.82, 2.24) is 5.32 Å². The Hall–Kier alpha value is -1.59. The molecule has 20 heavy (non-hydrogen) atoms. The van der Waals surface area contributed by atoms with Crippen LogP contribution in [-0.4, -0.2) is 36.9 Å². The molecule has 2 heterocycles. The molecule has 0 bridgehead atoms. The molecule has 1 aromatic rings. The lowest BCUT2D eigenvalue weighted by Gasteiger charge is -2.22. The van der Waals surface area contributed by atoms with E-state index in [2.05, 4.69) is 12.2 Å². The third-order valence-corrected chi connectivity index (χ3v) is 3.99. The molecule has 1 amide bonds. The average molecular weight is 277 g/mol. The number of carbonyl (C=O) groups excluding carboxylic acids is 1. The van der Waals surface area contributed by atoms with Gasteiger partial charge in [-0.2, -0.15) is 0 Å². The normalized spacial score (nSPS) is 27.2. The van der Waals surface area contributed by atoms with Crippen LogP contribution >= 0.6 is 0 Å². The molecule has 3 rings (SSSR count). The molecule has 0 radical (unpaired) electrons. The average Bonchev–Trinajstić information content (AvgIpc) is 2.79. The van der Waals surface area contributed by atoms with Gasteiger partial charge < -0.3 is 19.9 Å². The molecule has 108 valence electrons. The quantitative estimate of drug-likeness (QED) is 0.854. The van der Waals surface area contributed by atoms with Crippen LogP contribution in [0.1, 0.15) is 35.4 Å². The minimum Gasteiger partial charge on any atom is -0.491 e. The first-order chi connectivity index (χ1) is 9.66. The first-order valence-electron chi connectivity index (χ1n) is 7.01. The number of hydrogen-bond donors (Lipinski definition) is 2. The van der Waals surface area contributed by atoms with Crippen LogP contribution in [0.4, 0.5) is 0 Å². The van der Waals surface area contributed by atoms with Gasteiger partial charge in [-0.15, -0.1) is 0 Å². The van der Waals surface area contributed by atoms with Crippen molar-refractivity contribution in [2.75, 3.05) is 19.8 Å². The van der Waals surface area contributed by atoms with Gasteiger partial charge >= 0.3 is 0 Å². The summed E-state index contributed by atoms with van der Waals surface area (Å²) in [6.45, 7) is 3.70. The monoisotopic (exact) mass is 277 g/mol. The Kier molecular flexibility index (Phi) is 3.63. The molecule has 1 aromatic carbocycles. The summed E-state index contributed by atoms with van der Waals surface area (Å²) in [4.78, 5) is 12.0. The third-order valence-electron chi connectivity index (χ3n) is 3.99. The van der Waals surface area contributed by atoms with Gasteiger partial charge in [0.15, 0.2) is 0 Å². The summed E-state index contributed by atoms with van der Waals surface area (Å²) >= 11 is 0. The fourth-order valence-corrected chi connectivity index (χ4v) is 2.77. The van der Waals surface area contributed by atoms with Crippen LogP contribution in [0.2, 0.25) is 0 Å². The number of carbonyl (C=O) groups is 1. The van der Waals surface area contributed by atoms with Crippen molar-refractivity contribution in [3.8, 4) is 5.75 Å². The van der Waals surface area contributed by atoms with E-state index < -0.39 is 6.10 Å². The Balaban J connectivity index is 1.89. The van der Waals surface area contributed by atoms with E-state index >= 15 is 0 Å². The molecule has 0 saturated carbocycles. The van der Waals surface area contributed by atoms with Crippen LogP contribution < -0.4 is 10.1 Å². The Morgan fingerprint density at radius 3 is 3.00 bits per heavy atom. The number of amides is 1. The predicted molar refractivity (Wildman–Crippen MR) is 72.8 cm³/mol. The summed E-state index contributed by atoms with van der Waals surface area (Å²) in [6.07, 6.45) is 0.0349. The van der Waals surface area contributed by atoms with Crippen LogP contribution in [0.25, 0.3) is 0 Å². The third kappa shape index (κ3) is 2.39. The highest BCUT2D eigenvalue weighted by Crippen LogP contribution is 2.33. The van der Waals surface area contributed by atoms with Crippen molar-refractivity contribution in [2.45, 2.75) is 25.6 Å². The van der Waals surface area contributed by atoms with Gasteiger partial charge in [-0.25, -0.2) is 0 Å². The number of nitrogens with one attached hydrogen (secondary N) is 1. The minimum atomic E-state index is -0.714. The molecule has 5 heteroatoms. The molecule has 0 aliphatic carbocycles. The summed E-state index contributed by atoms with van der Waals surface area (Å²) in [5, 5.41) is 13.2. The summed E-state index contributed by atoms with van der Waals surface area (Å²) in [5.74, 6) is 0.720. The van der Waals surface area contributed by atoms with Gasteiger partial charge in [0.25, 0.3) is 5.91 Å². The maximum Gasteiger partial charge on any atom is 0.255 e. The van der Waals surface area contributed by atoms with E-state index in [4.69, 9.17) is 9.47 Å². The molecule has 3 unspecified atom stereocenters. The van der Waals surface area contributed by atoms with Gasteiger partial charge in [0.2, 0.25) is 0 Å².